The first kappa shape index (κ1) is 18.8. The summed E-state index contributed by atoms with van der Waals surface area (Å²) in [6.45, 7) is 3.64. The van der Waals surface area contributed by atoms with Gasteiger partial charge in [0.25, 0.3) is 5.91 Å². The lowest BCUT2D eigenvalue weighted by atomic mass is 10.3. The second-order valence-corrected chi connectivity index (χ2v) is 7.34. The van der Waals surface area contributed by atoms with E-state index in [0.717, 1.165) is 0 Å². The Labute approximate surface area is 162 Å². The zero-order valence-electron chi connectivity index (χ0n) is 14.3. The molecule has 0 bridgehead atoms. The molecule has 0 fully saturated rings. The molecule has 8 nitrogen and oxygen atoms in total. The fraction of sp³-hybridized carbons (Fsp3) is 0.118. The van der Waals surface area contributed by atoms with Crippen molar-refractivity contribution in [1.29, 1.82) is 0 Å². The van der Waals surface area contributed by atoms with E-state index in [1.54, 1.807) is 37.5 Å². The van der Waals surface area contributed by atoms with Crippen LogP contribution in [0.15, 0.2) is 58.3 Å². The Morgan fingerprint density at radius 3 is 2.81 bits per heavy atom. The predicted molar refractivity (Wildman–Crippen MR) is 105 cm³/mol. The molecule has 1 N–H and O–H groups in total. The molecule has 0 radical (unpaired) electrons. The number of ether oxygens (including phenoxy) is 1. The van der Waals surface area contributed by atoms with Crippen LogP contribution in [0.4, 0.5) is 5.13 Å². The summed E-state index contributed by atoms with van der Waals surface area (Å²) in [6, 6.07) is 8.35. The highest BCUT2D eigenvalue weighted by Crippen LogP contribution is 2.25. The van der Waals surface area contributed by atoms with Crippen molar-refractivity contribution in [2.45, 2.75) is 4.34 Å². The zero-order valence-corrected chi connectivity index (χ0v) is 15.9. The third-order valence-electron chi connectivity index (χ3n) is 3.31. The van der Waals surface area contributed by atoms with Gasteiger partial charge in [-0.1, -0.05) is 29.2 Å². The number of methoxy groups -OCH3 is 1. The van der Waals surface area contributed by atoms with Gasteiger partial charge in [0.15, 0.2) is 10.0 Å². The quantitative estimate of drug-likeness (QED) is 0.369. The molecule has 0 saturated heterocycles. The number of amides is 1. The van der Waals surface area contributed by atoms with E-state index in [1.165, 1.54) is 40.0 Å². The average molecular weight is 401 g/mol. The van der Waals surface area contributed by atoms with E-state index >= 15 is 0 Å². The molecular formula is C17H15N5O3S2. The van der Waals surface area contributed by atoms with Crippen molar-refractivity contribution in [2.75, 3.05) is 18.2 Å². The van der Waals surface area contributed by atoms with Gasteiger partial charge in [-0.2, -0.15) is 5.10 Å². The highest BCUT2D eigenvalue weighted by Gasteiger charge is 2.16. The molecule has 2 aromatic heterocycles. The minimum Gasteiger partial charge on any atom is -0.497 e. The van der Waals surface area contributed by atoms with Gasteiger partial charge >= 0.3 is 0 Å². The Hall–Kier alpha value is -2.98. The fourth-order valence-corrected chi connectivity index (χ4v) is 3.56. The molecule has 0 aliphatic carbocycles. The second-order valence-electron chi connectivity index (χ2n) is 5.10. The van der Waals surface area contributed by atoms with Gasteiger partial charge in [-0.25, -0.2) is 4.68 Å². The van der Waals surface area contributed by atoms with Gasteiger partial charge in [0.2, 0.25) is 10.6 Å². The minimum atomic E-state index is -0.640. The lowest BCUT2D eigenvalue weighted by Crippen LogP contribution is -2.25. The molecule has 10 heteroatoms. The van der Waals surface area contributed by atoms with Crippen LogP contribution < -0.4 is 15.5 Å². The summed E-state index contributed by atoms with van der Waals surface area (Å²) >= 11 is 2.67. The monoisotopic (exact) mass is 401 g/mol. The van der Waals surface area contributed by atoms with Gasteiger partial charge in [0.05, 0.1) is 12.8 Å². The van der Waals surface area contributed by atoms with Crippen molar-refractivity contribution in [3.63, 3.8) is 0 Å². The predicted octanol–water partition coefficient (Wildman–Crippen LogP) is 2.62. The molecule has 27 heavy (non-hydrogen) atoms. The molecule has 0 spiro atoms. The highest BCUT2D eigenvalue weighted by atomic mass is 32.2. The minimum absolute atomic E-state index is 0.233. The van der Waals surface area contributed by atoms with Gasteiger partial charge in [-0.3, -0.25) is 14.9 Å². The summed E-state index contributed by atoms with van der Waals surface area (Å²) in [5.41, 5.74) is -0.0317. The maximum absolute atomic E-state index is 12.5. The van der Waals surface area contributed by atoms with Crippen molar-refractivity contribution in [2.24, 2.45) is 0 Å². The second kappa shape index (κ2) is 8.60. The van der Waals surface area contributed by atoms with Crippen LogP contribution in [0.2, 0.25) is 0 Å². The number of nitrogens with one attached hydrogen (secondary N) is 1. The van der Waals surface area contributed by atoms with Crippen LogP contribution >= 0.6 is 23.1 Å². The number of benzene rings is 1. The Kier molecular flexibility index (Phi) is 5.99. The number of hydrogen-bond acceptors (Lipinski definition) is 8. The van der Waals surface area contributed by atoms with E-state index < -0.39 is 11.3 Å². The third-order valence-corrected chi connectivity index (χ3v) is 5.28. The molecule has 0 atom stereocenters. The van der Waals surface area contributed by atoms with Gasteiger partial charge in [0.1, 0.15) is 5.75 Å². The number of hydrogen-bond donors (Lipinski definition) is 1. The molecule has 2 heterocycles. The first-order chi connectivity index (χ1) is 13.1. The molecule has 1 amide bonds. The molecule has 3 rings (SSSR count). The van der Waals surface area contributed by atoms with E-state index in [0.29, 0.717) is 26.7 Å². The number of aromatic nitrogens is 4. The van der Waals surface area contributed by atoms with Gasteiger partial charge in [0, 0.05) is 18.0 Å². The topological polar surface area (TPSA) is 99.0 Å². The van der Waals surface area contributed by atoms with Crippen LogP contribution in [-0.2, 0) is 0 Å². The van der Waals surface area contributed by atoms with Crippen molar-refractivity contribution >= 4 is 34.1 Å². The summed E-state index contributed by atoms with van der Waals surface area (Å²) < 4.78 is 7.26. The van der Waals surface area contributed by atoms with Crippen molar-refractivity contribution in [3.05, 3.63) is 65.1 Å². The number of carbonyl (C=O) groups excluding carboxylic acids is 1. The van der Waals surface area contributed by atoms with E-state index in [-0.39, 0.29) is 5.69 Å². The third kappa shape index (κ3) is 4.60. The maximum Gasteiger partial charge on any atom is 0.282 e. The van der Waals surface area contributed by atoms with Gasteiger partial charge in [-0.15, -0.1) is 16.8 Å². The van der Waals surface area contributed by atoms with Gasteiger partial charge in [-0.05, 0) is 24.3 Å². The molecule has 0 aliphatic heterocycles. The van der Waals surface area contributed by atoms with E-state index in [4.69, 9.17) is 4.74 Å². The summed E-state index contributed by atoms with van der Waals surface area (Å²) in [5, 5.41) is 14.9. The van der Waals surface area contributed by atoms with E-state index in [1.807, 2.05) is 0 Å². The van der Waals surface area contributed by atoms with Crippen LogP contribution in [0, 0.1) is 0 Å². The number of thioether (sulfide) groups is 1. The maximum atomic E-state index is 12.5. The van der Waals surface area contributed by atoms with Crippen LogP contribution in [0.5, 0.6) is 5.75 Å². The molecular weight excluding hydrogens is 386 g/mol. The number of anilines is 1. The molecule has 0 saturated carbocycles. The molecule has 3 aromatic rings. The zero-order chi connectivity index (χ0) is 19.2. The Morgan fingerprint density at radius 1 is 1.33 bits per heavy atom. The number of nitrogens with zero attached hydrogens (tertiary/aromatic N) is 4. The van der Waals surface area contributed by atoms with Crippen LogP contribution in [0.25, 0.3) is 5.69 Å². The smallest absolute Gasteiger partial charge is 0.282 e. The van der Waals surface area contributed by atoms with E-state index in [2.05, 4.69) is 27.2 Å². The summed E-state index contributed by atoms with van der Waals surface area (Å²) in [7, 11) is 1.57. The summed E-state index contributed by atoms with van der Waals surface area (Å²) in [6.07, 6.45) is 3.25. The van der Waals surface area contributed by atoms with Crippen molar-refractivity contribution < 1.29 is 9.53 Å². The Morgan fingerprint density at radius 2 is 2.11 bits per heavy atom. The Balaban J connectivity index is 1.80. The summed E-state index contributed by atoms with van der Waals surface area (Å²) in [4.78, 5) is 24.5. The standard InChI is InChI=1S/C17H15N5O3S2/c1-3-10-26-17-20-19-16(27-17)18-15(24)14-13(23)8-9-22(21-14)11-4-6-12(25-2)7-5-11/h3-9H,1,10H2,2H3,(H,18,19,24). The molecule has 138 valence electrons. The first-order valence-corrected chi connectivity index (χ1v) is 9.54. The SMILES string of the molecule is C=CCSc1nnc(NC(=O)c2nn(-c3ccc(OC)cc3)ccc2=O)s1. The molecule has 1 aromatic carbocycles. The lowest BCUT2D eigenvalue weighted by molar-refractivity contribution is 0.101. The fourth-order valence-electron chi connectivity index (χ4n) is 2.05. The van der Waals surface area contributed by atoms with Crippen LogP contribution in [-0.4, -0.2) is 38.7 Å². The van der Waals surface area contributed by atoms with Gasteiger partial charge < -0.3 is 4.74 Å². The number of rotatable bonds is 7. The first-order valence-electron chi connectivity index (χ1n) is 7.73. The lowest BCUT2D eigenvalue weighted by Gasteiger charge is -2.08. The van der Waals surface area contributed by atoms with Crippen molar-refractivity contribution in [3.8, 4) is 11.4 Å². The van der Waals surface area contributed by atoms with E-state index in [9.17, 15) is 9.59 Å². The molecule has 0 aliphatic rings. The largest absolute Gasteiger partial charge is 0.497 e. The number of carbonyl (C=O) groups is 1. The average Bonchev–Trinajstić information content (AvgIpc) is 3.14. The normalized spacial score (nSPS) is 10.4. The van der Waals surface area contributed by atoms with Crippen LogP contribution in [0.1, 0.15) is 10.5 Å². The highest BCUT2D eigenvalue weighted by molar-refractivity contribution is 8.01. The summed E-state index contributed by atoms with van der Waals surface area (Å²) in [5.74, 6) is 0.744. The Bertz CT molecular complexity index is 1010. The molecule has 0 unspecified atom stereocenters. The van der Waals surface area contributed by atoms with Crippen LogP contribution in [0.3, 0.4) is 0 Å². The van der Waals surface area contributed by atoms with Crippen molar-refractivity contribution in [1.82, 2.24) is 20.0 Å².